The van der Waals surface area contributed by atoms with Gasteiger partial charge in [-0.1, -0.05) is 11.6 Å². The summed E-state index contributed by atoms with van der Waals surface area (Å²) < 4.78 is 6.88. The number of benzene rings is 2. The Morgan fingerprint density at radius 3 is 2.43 bits per heavy atom. The molecule has 0 radical (unpaired) electrons. The molecule has 2 aromatic carbocycles. The summed E-state index contributed by atoms with van der Waals surface area (Å²) in [5.41, 5.74) is 7.64. The smallest absolute Gasteiger partial charge is 0.262 e. The van der Waals surface area contributed by atoms with E-state index in [4.69, 9.17) is 22.1 Å². The number of nitrogens with zero attached hydrogens (tertiary/aromatic N) is 1. The zero-order valence-corrected chi connectivity index (χ0v) is 17.6. The highest BCUT2D eigenvalue weighted by Crippen LogP contribution is 2.30. The Bertz CT molecular complexity index is 1140. The van der Waals surface area contributed by atoms with Gasteiger partial charge in [0.25, 0.3) is 5.91 Å². The summed E-state index contributed by atoms with van der Waals surface area (Å²) in [6, 6.07) is 11.1. The lowest BCUT2D eigenvalue weighted by molar-refractivity contribution is -0.126. The molecule has 1 aromatic heterocycles. The fraction of sp³-hybridized carbons (Fsp3) is 0.227. The molecule has 0 saturated heterocycles. The van der Waals surface area contributed by atoms with Crippen molar-refractivity contribution in [3.63, 3.8) is 0 Å². The molecule has 0 aliphatic heterocycles. The number of amides is 2. The van der Waals surface area contributed by atoms with E-state index in [1.54, 1.807) is 61.1 Å². The monoisotopic (exact) mass is 427 g/mol. The van der Waals surface area contributed by atoms with Crippen LogP contribution in [0.1, 0.15) is 28.5 Å². The Hall–Kier alpha value is -3.32. The normalized spacial score (nSPS) is 11.9. The third-order valence-electron chi connectivity index (χ3n) is 4.98. The van der Waals surface area contributed by atoms with Crippen LogP contribution in [-0.2, 0) is 16.0 Å². The maximum atomic E-state index is 13.2. The van der Waals surface area contributed by atoms with Crippen molar-refractivity contribution in [3.05, 3.63) is 64.3 Å². The number of carbonyl (C=O) groups excluding carboxylic acids is 3. The van der Waals surface area contributed by atoms with Crippen LogP contribution in [0.3, 0.4) is 0 Å². The Morgan fingerprint density at radius 2 is 1.83 bits per heavy atom. The van der Waals surface area contributed by atoms with Gasteiger partial charge in [0, 0.05) is 21.7 Å². The largest absolute Gasteiger partial charge is 0.497 e. The predicted octanol–water partition coefficient (Wildman–Crippen LogP) is 2.83. The van der Waals surface area contributed by atoms with Crippen molar-refractivity contribution in [2.75, 3.05) is 7.11 Å². The number of hydrogen-bond donors (Lipinski definition) is 2. The minimum Gasteiger partial charge on any atom is -0.497 e. The quantitative estimate of drug-likeness (QED) is 0.631. The molecule has 2 amide bonds. The standard InChI is InChI=1S/C22H22ClN3O4/c1-12(21(24)28)25-20(27)11-17-13(2)26(19-9-8-16(30-3)10-18(17)19)22(29)14-4-6-15(23)7-5-14/h4-10,12H,11H2,1-3H3,(H2,24,28)(H,25,27). The number of methoxy groups -OCH3 is 1. The number of rotatable bonds is 6. The molecule has 1 unspecified atom stereocenters. The number of hydrogen-bond acceptors (Lipinski definition) is 4. The zero-order chi connectivity index (χ0) is 22.0. The molecule has 156 valence electrons. The first-order valence-electron chi connectivity index (χ1n) is 9.29. The zero-order valence-electron chi connectivity index (χ0n) is 16.9. The summed E-state index contributed by atoms with van der Waals surface area (Å²) in [5, 5.41) is 3.82. The number of carbonyl (C=O) groups is 3. The highest BCUT2D eigenvalue weighted by molar-refractivity contribution is 6.30. The Kier molecular flexibility index (Phi) is 6.12. The minimum absolute atomic E-state index is 0.0198. The minimum atomic E-state index is -0.795. The third kappa shape index (κ3) is 4.16. The molecule has 0 saturated carbocycles. The van der Waals surface area contributed by atoms with E-state index >= 15 is 0 Å². The van der Waals surface area contributed by atoms with Crippen molar-refractivity contribution >= 4 is 40.2 Å². The first-order valence-corrected chi connectivity index (χ1v) is 9.67. The van der Waals surface area contributed by atoms with Gasteiger partial charge in [0.2, 0.25) is 11.8 Å². The second-order valence-electron chi connectivity index (χ2n) is 6.96. The van der Waals surface area contributed by atoms with Crippen LogP contribution in [0.2, 0.25) is 5.02 Å². The molecule has 8 heteroatoms. The summed E-state index contributed by atoms with van der Waals surface area (Å²) in [4.78, 5) is 37.0. The van der Waals surface area contributed by atoms with Gasteiger partial charge >= 0.3 is 0 Å². The molecule has 3 aromatic rings. The molecule has 1 atom stereocenters. The van der Waals surface area contributed by atoms with Gasteiger partial charge in [-0.3, -0.25) is 19.0 Å². The van der Waals surface area contributed by atoms with Crippen molar-refractivity contribution in [2.45, 2.75) is 26.3 Å². The number of primary amides is 1. The first kappa shape index (κ1) is 21.4. The SMILES string of the molecule is COc1ccc2c(c1)c(CC(=O)NC(C)C(N)=O)c(C)n2C(=O)c1ccc(Cl)cc1. The van der Waals surface area contributed by atoms with Crippen LogP contribution >= 0.6 is 11.6 Å². The fourth-order valence-corrected chi connectivity index (χ4v) is 3.45. The van der Waals surface area contributed by atoms with Crippen LogP contribution in [0.5, 0.6) is 5.75 Å². The van der Waals surface area contributed by atoms with E-state index in [0.717, 1.165) is 5.39 Å². The molecule has 0 aliphatic rings. The maximum Gasteiger partial charge on any atom is 0.262 e. The molecule has 7 nitrogen and oxygen atoms in total. The fourth-order valence-electron chi connectivity index (χ4n) is 3.32. The molecule has 3 rings (SSSR count). The van der Waals surface area contributed by atoms with Crippen molar-refractivity contribution in [1.29, 1.82) is 0 Å². The van der Waals surface area contributed by atoms with Crippen LogP contribution in [0.25, 0.3) is 10.9 Å². The van der Waals surface area contributed by atoms with Gasteiger partial charge < -0.3 is 15.8 Å². The summed E-state index contributed by atoms with van der Waals surface area (Å²) in [6.45, 7) is 3.30. The van der Waals surface area contributed by atoms with E-state index in [2.05, 4.69) is 5.32 Å². The van der Waals surface area contributed by atoms with Gasteiger partial charge in [-0.15, -0.1) is 0 Å². The van der Waals surface area contributed by atoms with E-state index in [-0.39, 0.29) is 18.2 Å². The van der Waals surface area contributed by atoms with Crippen molar-refractivity contribution in [2.24, 2.45) is 5.73 Å². The number of nitrogens with two attached hydrogens (primary N) is 1. The number of nitrogens with one attached hydrogen (secondary N) is 1. The van der Waals surface area contributed by atoms with E-state index in [1.165, 1.54) is 6.92 Å². The lowest BCUT2D eigenvalue weighted by Gasteiger charge is -2.11. The number of fused-ring (bicyclic) bond motifs is 1. The molecule has 3 N–H and O–H groups in total. The van der Waals surface area contributed by atoms with Crippen molar-refractivity contribution in [3.8, 4) is 5.75 Å². The van der Waals surface area contributed by atoms with Gasteiger partial charge in [-0.2, -0.15) is 0 Å². The number of halogens is 1. The molecular formula is C22H22ClN3O4. The van der Waals surface area contributed by atoms with E-state index in [9.17, 15) is 14.4 Å². The lowest BCUT2D eigenvalue weighted by Crippen LogP contribution is -2.42. The lowest BCUT2D eigenvalue weighted by atomic mass is 10.1. The average molecular weight is 428 g/mol. The first-order chi connectivity index (χ1) is 14.2. The summed E-state index contributed by atoms with van der Waals surface area (Å²) in [7, 11) is 1.55. The summed E-state index contributed by atoms with van der Waals surface area (Å²) >= 11 is 5.94. The topological polar surface area (TPSA) is 103 Å². The third-order valence-corrected chi connectivity index (χ3v) is 5.23. The molecule has 0 aliphatic carbocycles. The Balaban J connectivity index is 2.09. The van der Waals surface area contributed by atoms with Crippen molar-refractivity contribution in [1.82, 2.24) is 9.88 Å². The van der Waals surface area contributed by atoms with Gasteiger partial charge in [-0.25, -0.2) is 0 Å². The molecule has 0 spiro atoms. The Labute approximate surface area is 178 Å². The second-order valence-corrected chi connectivity index (χ2v) is 7.40. The molecule has 0 fully saturated rings. The van der Waals surface area contributed by atoms with E-state index in [1.807, 2.05) is 0 Å². The average Bonchev–Trinajstić information content (AvgIpc) is 2.98. The molecular weight excluding hydrogens is 406 g/mol. The van der Waals surface area contributed by atoms with Gasteiger partial charge in [0.15, 0.2) is 0 Å². The maximum absolute atomic E-state index is 13.2. The van der Waals surface area contributed by atoms with Crippen LogP contribution < -0.4 is 15.8 Å². The molecule has 0 bridgehead atoms. The van der Waals surface area contributed by atoms with Crippen LogP contribution in [0.4, 0.5) is 0 Å². The number of aromatic nitrogens is 1. The highest BCUT2D eigenvalue weighted by Gasteiger charge is 2.23. The molecule has 30 heavy (non-hydrogen) atoms. The highest BCUT2D eigenvalue weighted by atomic mass is 35.5. The number of ether oxygens (including phenoxy) is 1. The van der Waals surface area contributed by atoms with Gasteiger partial charge in [0.1, 0.15) is 11.8 Å². The van der Waals surface area contributed by atoms with Crippen LogP contribution in [-0.4, -0.2) is 35.4 Å². The van der Waals surface area contributed by atoms with E-state index in [0.29, 0.717) is 33.1 Å². The molecule has 1 heterocycles. The van der Waals surface area contributed by atoms with Crippen LogP contribution in [0.15, 0.2) is 42.5 Å². The van der Waals surface area contributed by atoms with Crippen molar-refractivity contribution < 1.29 is 19.1 Å². The second kappa shape index (κ2) is 8.59. The summed E-state index contributed by atoms with van der Waals surface area (Å²) in [5.74, 6) is -0.630. The predicted molar refractivity (Wildman–Crippen MR) is 115 cm³/mol. The van der Waals surface area contributed by atoms with Gasteiger partial charge in [0.05, 0.1) is 19.0 Å². The van der Waals surface area contributed by atoms with Gasteiger partial charge in [-0.05, 0) is 61.9 Å². The Morgan fingerprint density at radius 1 is 1.17 bits per heavy atom. The van der Waals surface area contributed by atoms with E-state index < -0.39 is 11.9 Å². The summed E-state index contributed by atoms with van der Waals surface area (Å²) in [6.07, 6.45) is -0.0198. The van der Waals surface area contributed by atoms with Crippen LogP contribution in [0, 0.1) is 6.92 Å².